The second-order valence-corrected chi connectivity index (χ2v) is 7.09. The van der Waals surface area contributed by atoms with Crippen molar-refractivity contribution < 1.29 is 14.7 Å². The first-order valence-electron chi connectivity index (χ1n) is 9.48. The minimum absolute atomic E-state index is 0.0513. The Balaban J connectivity index is 1.57. The van der Waals surface area contributed by atoms with E-state index < -0.39 is 24.0 Å². The molecule has 0 bridgehead atoms. The van der Waals surface area contributed by atoms with Crippen molar-refractivity contribution in [2.45, 2.75) is 25.4 Å². The van der Waals surface area contributed by atoms with Crippen molar-refractivity contribution in [2.24, 2.45) is 0 Å². The van der Waals surface area contributed by atoms with E-state index in [0.29, 0.717) is 10.9 Å². The second-order valence-electron chi connectivity index (χ2n) is 7.09. The number of carboxylic acid groups (broad SMARTS) is 1. The number of aromatic amines is 1. The molecule has 2 aromatic heterocycles. The van der Waals surface area contributed by atoms with Crippen LogP contribution < -0.4 is 16.0 Å². The molecule has 0 saturated heterocycles. The number of rotatable bonds is 6. The molecule has 2 N–H and O–H groups in total. The number of carbonyl (C=O) groups is 2. The lowest BCUT2D eigenvalue weighted by Gasteiger charge is -2.22. The van der Waals surface area contributed by atoms with Gasteiger partial charge in [-0.15, -0.1) is 0 Å². The number of benzene rings is 2. The van der Waals surface area contributed by atoms with Crippen LogP contribution in [0.5, 0.6) is 0 Å². The largest absolute Gasteiger partial charge is 0.548 e. The minimum atomic E-state index is -1.40. The normalized spacial score (nSPS) is 13.2. The highest BCUT2D eigenvalue weighted by Gasteiger charge is 2.22. The van der Waals surface area contributed by atoms with Crippen LogP contribution >= 0.6 is 0 Å². The maximum atomic E-state index is 12.7. The van der Waals surface area contributed by atoms with E-state index in [0.717, 1.165) is 16.5 Å². The summed E-state index contributed by atoms with van der Waals surface area (Å²) >= 11 is 0. The lowest BCUT2D eigenvalue weighted by molar-refractivity contribution is -0.308. The summed E-state index contributed by atoms with van der Waals surface area (Å²) in [5.74, 6) is -2.01. The molecule has 1 amide bonds. The quantitative estimate of drug-likeness (QED) is 0.496. The van der Waals surface area contributed by atoms with Gasteiger partial charge >= 0.3 is 0 Å². The number of para-hydroxylation sites is 2. The SMILES string of the molecule is C[C@@H](C(=O)N[C@@H](Cc1c[nH]c2ccccc12)C(=O)[O-])n1cnc2ccccc2c1=O. The van der Waals surface area contributed by atoms with Crippen molar-refractivity contribution in [1.29, 1.82) is 0 Å². The molecule has 2 heterocycles. The Morgan fingerprint density at radius 1 is 1.13 bits per heavy atom. The van der Waals surface area contributed by atoms with Crippen LogP contribution in [-0.4, -0.2) is 32.5 Å². The molecular formula is C22H19N4O4-. The van der Waals surface area contributed by atoms with E-state index >= 15 is 0 Å². The summed E-state index contributed by atoms with van der Waals surface area (Å²) < 4.78 is 1.19. The van der Waals surface area contributed by atoms with Gasteiger partial charge in [0, 0.05) is 23.5 Å². The third-order valence-electron chi connectivity index (χ3n) is 5.19. The molecular weight excluding hydrogens is 384 g/mol. The van der Waals surface area contributed by atoms with Crippen LogP contribution in [0.2, 0.25) is 0 Å². The van der Waals surface area contributed by atoms with Crippen LogP contribution in [0.15, 0.2) is 65.8 Å². The Labute approximate surface area is 171 Å². The molecule has 0 unspecified atom stereocenters. The topological polar surface area (TPSA) is 120 Å². The number of nitrogens with one attached hydrogen (secondary N) is 2. The average molecular weight is 403 g/mol. The molecule has 0 aliphatic rings. The number of aromatic nitrogens is 3. The van der Waals surface area contributed by atoms with Crippen LogP contribution in [0.3, 0.4) is 0 Å². The Kier molecular flexibility index (Phi) is 5.05. The number of carbonyl (C=O) groups excluding carboxylic acids is 2. The van der Waals surface area contributed by atoms with Gasteiger partial charge in [0.15, 0.2) is 0 Å². The van der Waals surface area contributed by atoms with E-state index in [2.05, 4.69) is 15.3 Å². The van der Waals surface area contributed by atoms with Gasteiger partial charge in [0.25, 0.3) is 5.56 Å². The third-order valence-corrected chi connectivity index (χ3v) is 5.19. The van der Waals surface area contributed by atoms with E-state index in [4.69, 9.17) is 0 Å². The maximum absolute atomic E-state index is 12.7. The number of fused-ring (bicyclic) bond motifs is 2. The molecule has 8 nitrogen and oxygen atoms in total. The summed E-state index contributed by atoms with van der Waals surface area (Å²) in [6.07, 6.45) is 3.06. The molecule has 152 valence electrons. The van der Waals surface area contributed by atoms with E-state index in [9.17, 15) is 19.5 Å². The Morgan fingerprint density at radius 2 is 1.83 bits per heavy atom. The van der Waals surface area contributed by atoms with Gasteiger partial charge in [-0.1, -0.05) is 30.3 Å². The van der Waals surface area contributed by atoms with Crippen molar-refractivity contribution in [3.8, 4) is 0 Å². The lowest BCUT2D eigenvalue weighted by atomic mass is 10.0. The summed E-state index contributed by atoms with van der Waals surface area (Å²) in [4.78, 5) is 44.4. The van der Waals surface area contributed by atoms with Crippen molar-refractivity contribution in [3.05, 3.63) is 77.0 Å². The summed E-state index contributed by atoms with van der Waals surface area (Å²) in [6, 6.07) is 12.1. The Morgan fingerprint density at radius 3 is 2.60 bits per heavy atom. The van der Waals surface area contributed by atoms with Gasteiger partial charge in [-0.2, -0.15) is 0 Å². The molecule has 4 aromatic rings. The molecule has 0 aliphatic carbocycles. The predicted octanol–water partition coefficient (Wildman–Crippen LogP) is 0.916. The molecule has 0 spiro atoms. The monoisotopic (exact) mass is 403 g/mol. The minimum Gasteiger partial charge on any atom is -0.548 e. The Bertz CT molecular complexity index is 1310. The zero-order valence-electron chi connectivity index (χ0n) is 16.2. The molecule has 2 atom stereocenters. The Hall–Kier alpha value is -3.94. The first kappa shape index (κ1) is 19.4. The zero-order valence-corrected chi connectivity index (χ0v) is 16.2. The number of aliphatic carboxylic acids is 1. The van der Waals surface area contributed by atoms with E-state index in [1.807, 2.05) is 24.3 Å². The second kappa shape index (κ2) is 7.82. The van der Waals surface area contributed by atoms with Gasteiger partial charge in [0.2, 0.25) is 5.91 Å². The first-order chi connectivity index (χ1) is 14.5. The van der Waals surface area contributed by atoms with Crippen molar-refractivity contribution in [2.75, 3.05) is 0 Å². The number of hydrogen-bond donors (Lipinski definition) is 2. The average Bonchev–Trinajstić information content (AvgIpc) is 3.16. The molecule has 0 saturated carbocycles. The van der Waals surface area contributed by atoms with Crippen LogP contribution in [0, 0.1) is 0 Å². The molecule has 0 fully saturated rings. The first-order valence-corrected chi connectivity index (χ1v) is 9.48. The summed E-state index contributed by atoms with van der Waals surface area (Å²) in [5, 5.41) is 15.4. The molecule has 8 heteroatoms. The van der Waals surface area contributed by atoms with E-state index in [1.54, 1.807) is 30.5 Å². The predicted molar refractivity (Wildman–Crippen MR) is 110 cm³/mol. The van der Waals surface area contributed by atoms with E-state index in [1.165, 1.54) is 17.8 Å². The highest BCUT2D eigenvalue weighted by atomic mass is 16.4. The van der Waals surface area contributed by atoms with Gasteiger partial charge in [-0.25, -0.2) is 4.98 Å². The van der Waals surface area contributed by atoms with Gasteiger partial charge in [-0.05, 0) is 30.7 Å². The highest BCUT2D eigenvalue weighted by Crippen LogP contribution is 2.19. The molecule has 2 aromatic carbocycles. The fraction of sp³-hybridized carbons (Fsp3) is 0.182. The van der Waals surface area contributed by atoms with Gasteiger partial charge in [-0.3, -0.25) is 14.2 Å². The maximum Gasteiger partial charge on any atom is 0.261 e. The van der Waals surface area contributed by atoms with Crippen molar-refractivity contribution >= 4 is 33.7 Å². The van der Waals surface area contributed by atoms with Gasteiger partial charge in [0.05, 0.1) is 29.2 Å². The zero-order chi connectivity index (χ0) is 21.3. The number of carboxylic acids is 1. The standard InChI is InChI=1S/C22H20N4O4/c1-13(26-12-24-18-9-5-3-7-16(18)21(26)28)20(27)25-19(22(29)30)10-14-11-23-17-8-4-2-6-15(14)17/h2-9,11-13,19,23H,10H2,1H3,(H,25,27)(H,29,30)/p-1/t13-,19-/m0/s1. The van der Waals surface area contributed by atoms with Crippen LogP contribution in [0.4, 0.5) is 0 Å². The fourth-order valence-electron chi connectivity index (χ4n) is 3.49. The highest BCUT2D eigenvalue weighted by molar-refractivity contribution is 5.87. The van der Waals surface area contributed by atoms with Crippen LogP contribution in [0.25, 0.3) is 21.8 Å². The fourth-order valence-corrected chi connectivity index (χ4v) is 3.49. The third kappa shape index (κ3) is 3.55. The number of hydrogen-bond acceptors (Lipinski definition) is 5. The smallest absolute Gasteiger partial charge is 0.261 e. The molecule has 0 aliphatic heterocycles. The summed E-state index contributed by atoms with van der Waals surface area (Å²) in [6.45, 7) is 1.52. The molecule has 4 rings (SSSR count). The number of H-pyrrole nitrogens is 1. The van der Waals surface area contributed by atoms with Crippen molar-refractivity contribution in [3.63, 3.8) is 0 Å². The lowest BCUT2D eigenvalue weighted by Crippen LogP contribution is -2.51. The summed E-state index contributed by atoms with van der Waals surface area (Å²) in [5.41, 5.74) is 1.78. The van der Waals surface area contributed by atoms with E-state index in [-0.39, 0.29) is 12.0 Å². The molecule has 0 radical (unpaired) electrons. The van der Waals surface area contributed by atoms with Gasteiger partial charge < -0.3 is 20.2 Å². The summed E-state index contributed by atoms with van der Waals surface area (Å²) in [7, 11) is 0. The van der Waals surface area contributed by atoms with Gasteiger partial charge in [0.1, 0.15) is 6.04 Å². The van der Waals surface area contributed by atoms with Crippen LogP contribution in [-0.2, 0) is 16.0 Å². The number of nitrogens with zero attached hydrogens (tertiary/aromatic N) is 2. The van der Waals surface area contributed by atoms with Crippen molar-refractivity contribution in [1.82, 2.24) is 19.9 Å². The molecule has 30 heavy (non-hydrogen) atoms. The van der Waals surface area contributed by atoms with Crippen LogP contribution in [0.1, 0.15) is 18.5 Å². The number of amides is 1.